The molecule has 9 rings (SSSR count). The first-order valence-corrected chi connectivity index (χ1v) is 30.9. The van der Waals surface area contributed by atoms with E-state index in [1.54, 1.807) is 24.4 Å². The minimum absolute atomic E-state index is 0.0204. The monoisotopic (exact) mass is 1180 g/mol. The summed E-state index contributed by atoms with van der Waals surface area (Å²) < 4.78 is 99.4. The quantitative estimate of drug-likeness (QED) is 0.0665. The Labute approximate surface area is 475 Å². The van der Waals surface area contributed by atoms with E-state index in [0.717, 1.165) is 80.4 Å². The van der Waals surface area contributed by atoms with Crippen molar-refractivity contribution in [3.8, 4) is 0 Å². The van der Waals surface area contributed by atoms with Crippen LogP contribution in [0.3, 0.4) is 0 Å². The molecular weight excluding hydrogens is 1110 g/mol. The highest BCUT2D eigenvalue weighted by Gasteiger charge is 2.48. The van der Waals surface area contributed by atoms with Gasteiger partial charge in [0.1, 0.15) is 4.90 Å². The Hall–Kier alpha value is -6.01. The van der Waals surface area contributed by atoms with Crippen molar-refractivity contribution in [1.29, 1.82) is 0 Å². The third-order valence-corrected chi connectivity index (χ3v) is 19.4. The van der Waals surface area contributed by atoms with Crippen LogP contribution in [-0.4, -0.2) is 144 Å². The summed E-state index contributed by atoms with van der Waals surface area (Å²) >= 11 is 7.64. The fourth-order valence-corrected chi connectivity index (χ4v) is 13.7. The van der Waals surface area contributed by atoms with E-state index in [2.05, 4.69) is 61.2 Å². The van der Waals surface area contributed by atoms with Crippen molar-refractivity contribution in [1.82, 2.24) is 29.7 Å². The Morgan fingerprint density at radius 2 is 1.45 bits per heavy atom. The second-order valence-electron chi connectivity index (χ2n) is 21.4. The van der Waals surface area contributed by atoms with E-state index in [4.69, 9.17) is 11.6 Å². The van der Waals surface area contributed by atoms with Crippen LogP contribution in [0.4, 0.5) is 35.0 Å². The zero-order valence-corrected chi connectivity index (χ0v) is 47.8. The van der Waals surface area contributed by atoms with Crippen molar-refractivity contribution < 1.29 is 44.4 Å². The maximum absolute atomic E-state index is 14.4. The number of aromatic nitrogens is 1. The van der Waals surface area contributed by atoms with Crippen molar-refractivity contribution in [2.75, 3.05) is 92.9 Å². The highest BCUT2D eigenvalue weighted by molar-refractivity contribution is 7.99. The Balaban J connectivity index is 0.826. The fraction of sp³-hybridized carbons (Fsp3) is 0.404. The summed E-state index contributed by atoms with van der Waals surface area (Å²) in [5.74, 6) is -1.04. The Kier molecular flexibility index (Phi) is 18.3. The molecule has 80 heavy (non-hydrogen) atoms. The van der Waals surface area contributed by atoms with Gasteiger partial charge in [-0.2, -0.15) is 13.2 Å². The van der Waals surface area contributed by atoms with Gasteiger partial charge >= 0.3 is 11.5 Å². The molecule has 3 saturated heterocycles. The molecule has 0 radical (unpaired) electrons. The lowest BCUT2D eigenvalue weighted by Crippen LogP contribution is -2.49. The number of allylic oxidation sites excluding steroid dienone is 1. The van der Waals surface area contributed by atoms with Crippen molar-refractivity contribution in [3.63, 3.8) is 0 Å². The number of thioether (sulfide) groups is 1. The number of urea groups is 1. The van der Waals surface area contributed by atoms with E-state index in [9.17, 15) is 44.4 Å². The summed E-state index contributed by atoms with van der Waals surface area (Å²) in [6, 6.07) is 28.8. The van der Waals surface area contributed by atoms with Crippen molar-refractivity contribution in [2.24, 2.45) is 5.41 Å². The molecule has 0 saturated carbocycles. The number of nitrogens with one attached hydrogen (secondary N) is 3. The largest absolute Gasteiger partial charge is 0.501 e. The van der Waals surface area contributed by atoms with Crippen molar-refractivity contribution in [2.45, 2.75) is 78.7 Å². The number of hydrogen-bond acceptors (Lipinski definition) is 14. The Bertz CT molecular complexity index is 3290. The Morgan fingerprint density at radius 1 is 0.787 bits per heavy atom. The Morgan fingerprint density at radius 3 is 2.11 bits per heavy atom. The highest BCUT2D eigenvalue weighted by atomic mass is 35.5. The van der Waals surface area contributed by atoms with E-state index in [1.165, 1.54) is 45.5 Å². The minimum atomic E-state index is -6.12. The zero-order valence-electron chi connectivity index (χ0n) is 44.6. The van der Waals surface area contributed by atoms with E-state index in [-0.39, 0.29) is 29.9 Å². The van der Waals surface area contributed by atoms with E-state index in [0.29, 0.717) is 68.2 Å². The number of hydrogen-bond donors (Lipinski definition) is 3. The van der Waals surface area contributed by atoms with Crippen LogP contribution < -0.4 is 25.2 Å². The molecule has 4 aromatic carbocycles. The van der Waals surface area contributed by atoms with Crippen LogP contribution in [0.2, 0.25) is 5.02 Å². The number of sulfonamides is 1. The molecule has 1 aromatic heterocycles. The van der Waals surface area contributed by atoms with Crippen LogP contribution in [0.1, 0.15) is 67.6 Å². The van der Waals surface area contributed by atoms with Gasteiger partial charge < -0.3 is 15.1 Å². The summed E-state index contributed by atoms with van der Waals surface area (Å²) in [6.45, 7) is 12.6. The first-order valence-electron chi connectivity index (χ1n) is 26.6. The number of imide groups is 1. The predicted molar refractivity (Wildman–Crippen MR) is 306 cm³/mol. The van der Waals surface area contributed by atoms with Gasteiger partial charge in [-0.1, -0.05) is 61.4 Å². The van der Waals surface area contributed by atoms with Crippen LogP contribution in [0.15, 0.2) is 136 Å². The summed E-state index contributed by atoms with van der Waals surface area (Å²) in [6.07, 6.45) is 5.32. The smallest absolute Gasteiger partial charge is 0.380 e. The second kappa shape index (κ2) is 25.0. The molecule has 5 aromatic rings. The second-order valence-corrected chi connectivity index (χ2v) is 26.5. The molecule has 16 nitrogen and oxygen atoms in total. The number of pyridine rings is 1. The number of benzene rings is 4. The number of anilines is 3. The van der Waals surface area contributed by atoms with Crippen LogP contribution in [0.25, 0.3) is 5.57 Å². The van der Waals surface area contributed by atoms with Crippen LogP contribution in [-0.2, 0) is 31.2 Å². The zero-order chi connectivity index (χ0) is 56.8. The molecule has 0 bridgehead atoms. The summed E-state index contributed by atoms with van der Waals surface area (Å²) in [7, 11) is -11.0. The van der Waals surface area contributed by atoms with Crippen molar-refractivity contribution in [3.05, 3.63) is 143 Å². The normalized spacial score (nSPS) is 18.5. The van der Waals surface area contributed by atoms with Gasteiger partial charge in [-0.3, -0.25) is 34.6 Å². The standard InChI is InChI=1S/C57H65ClF3N9O7S3/c1-56(2)23-20-50(40-8-12-43(58)13-9-40)42(35-56)37-67-30-32-69(33-31-67)46-15-10-41(11-16-46)54(72)65-80(76,77)49-18-19-51(52(34-49)79(74,75)57(59,60)61)63-45(39-78-48-6-4-3-5-7-48)21-24-66-26-28-68(29-27-66)38-44-14-17-47(36-62-44)70-25-22-53(71)64-55(70)73/h3-19,34,36,45,63H,20-33,35,37-39H2,1-2H3,(H,65,72)(H,64,71,73)/t45-/m1/s1. The topological polar surface area (TPSA) is 185 Å². The molecule has 426 valence electrons. The molecule has 1 atom stereocenters. The third-order valence-electron chi connectivity index (χ3n) is 15.1. The number of rotatable bonds is 19. The van der Waals surface area contributed by atoms with Gasteiger partial charge in [-0.05, 0) is 121 Å². The van der Waals surface area contributed by atoms with Gasteiger partial charge in [-0.25, -0.2) is 26.4 Å². The van der Waals surface area contributed by atoms with Gasteiger partial charge in [0.05, 0.1) is 28.2 Å². The number of amides is 4. The number of piperazine rings is 2. The predicted octanol–water partition coefficient (Wildman–Crippen LogP) is 9.16. The van der Waals surface area contributed by atoms with E-state index < -0.39 is 58.8 Å². The molecule has 23 heteroatoms. The van der Waals surface area contributed by atoms with Crippen LogP contribution in [0, 0.1) is 5.41 Å². The van der Waals surface area contributed by atoms with Crippen LogP contribution >= 0.6 is 23.4 Å². The summed E-state index contributed by atoms with van der Waals surface area (Å²) in [4.78, 5) is 51.2. The lowest BCUT2D eigenvalue weighted by molar-refractivity contribution is -0.120. The molecular formula is C57H65ClF3N9O7S3. The summed E-state index contributed by atoms with van der Waals surface area (Å²) in [5, 5.41) is 6.05. The summed E-state index contributed by atoms with van der Waals surface area (Å²) in [5.41, 5.74) is 0.212. The molecule has 0 spiro atoms. The minimum Gasteiger partial charge on any atom is -0.380 e. The number of alkyl halides is 3. The average molecular weight is 1180 g/mol. The van der Waals surface area contributed by atoms with Crippen molar-refractivity contribution >= 4 is 83.7 Å². The fourth-order valence-electron chi connectivity index (χ4n) is 10.5. The number of halogens is 4. The van der Waals surface area contributed by atoms with Gasteiger partial charge in [-0.15, -0.1) is 11.8 Å². The molecule has 3 N–H and O–H groups in total. The van der Waals surface area contributed by atoms with Gasteiger partial charge in [0, 0.05) is 118 Å². The first kappa shape index (κ1) is 58.6. The van der Waals surface area contributed by atoms with Crippen LogP contribution in [0.5, 0.6) is 0 Å². The van der Waals surface area contributed by atoms with Gasteiger partial charge in [0.25, 0.3) is 25.8 Å². The number of nitrogens with zero attached hydrogens (tertiary/aromatic N) is 6. The molecule has 3 aliphatic heterocycles. The maximum atomic E-state index is 14.4. The molecule has 4 heterocycles. The van der Waals surface area contributed by atoms with E-state index >= 15 is 0 Å². The number of carbonyl (C=O) groups excluding carboxylic acids is 3. The average Bonchev–Trinajstić information content (AvgIpc) is 3.44. The highest BCUT2D eigenvalue weighted by Crippen LogP contribution is 2.43. The van der Waals surface area contributed by atoms with Gasteiger partial charge in [0.2, 0.25) is 5.91 Å². The lowest BCUT2D eigenvalue weighted by atomic mass is 9.73. The molecule has 1 aliphatic carbocycles. The molecule has 4 amide bonds. The maximum Gasteiger partial charge on any atom is 0.501 e. The molecule has 3 fully saturated rings. The SMILES string of the molecule is CC1(C)CCC(c2ccc(Cl)cc2)=C(CN2CCN(c3ccc(C(=O)NS(=O)(=O)c4ccc(N[C@H](CCN5CCN(Cc6ccc(N7CCC(=O)NC7=O)cn6)CC5)CSc5ccccc5)c(S(=O)(=O)C(F)(F)F)c4)cc3)CC2)C1. The van der Waals surface area contributed by atoms with Gasteiger partial charge in [0.15, 0.2) is 0 Å². The first-order chi connectivity index (χ1) is 38.1. The number of sulfone groups is 1. The number of carbonyl (C=O) groups is 3. The third kappa shape index (κ3) is 14.7. The molecule has 0 unspecified atom stereocenters. The van der Waals surface area contributed by atoms with E-state index in [1.807, 2.05) is 53.3 Å². The molecule has 4 aliphatic rings. The lowest BCUT2D eigenvalue weighted by Gasteiger charge is -2.39.